The van der Waals surface area contributed by atoms with Crippen LogP contribution in [0.3, 0.4) is 0 Å². The minimum Gasteiger partial charge on any atom is -0.376 e. The van der Waals surface area contributed by atoms with Gasteiger partial charge in [0, 0.05) is 24.8 Å². The van der Waals surface area contributed by atoms with Crippen LogP contribution in [0.1, 0.15) is 6.42 Å². The smallest absolute Gasteiger partial charge is 0.242 e. The maximum absolute atomic E-state index is 11.7. The largest absolute Gasteiger partial charge is 0.376 e. The summed E-state index contributed by atoms with van der Waals surface area (Å²) >= 11 is 0. The number of hydrogen-bond acceptors (Lipinski definition) is 5. The number of nitrogens with two attached hydrogens (primary N) is 1. The highest BCUT2D eigenvalue weighted by atomic mass is 16.5. The summed E-state index contributed by atoms with van der Waals surface area (Å²) in [6.45, 7) is 0.916. The fourth-order valence-electron chi connectivity index (χ4n) is 2.62. The third kappa shape index (κ3) is 1.81. The molecule has 2 heterocycles. The minimum atomic E-state index is -0.107. The third-order valence-corrected chi connectivity index (χ3v) is 3.55. The molecule has 0 radical (unpaired) electrons. The van der Waals surface area contributed by atoms with Gasteiger partial charge in [-0.2, -0.15) is 0 Å². The van der Waals surface area contributed by atoms with Gasteiger partial charge in [-0.05, 0) is 6.42 Å². The van der Waals surface area contributed by atoms with E-state index in [-0.39, 0.29) is 30.6 Å². The van der Waals surface area contributed by atoms with E-state index in [2.05, 4.69) is 15.6 Å². The van der Waals surface area contributed by atoms with Gasteiger partial charge >= 0.3 is 0 Å². The standard InChI is InChI=1S/C10H15N5O2/c11-8-6-1-4-17-10(6)9(8)13-7(16)5-15-3-2-12-14-15/h2-3,6,8-10H,1,4-5,11H2,(H,13,16). The third-order valence-electron chi connectivity index (χ3n) is 3.55. The Hall–Kier alpha value is -1.47. The van der Waals surface area contributed by atoms with Crippen LogP contribution in [0.4, 0.5) is 0 Å². The van der Waals surface area contributed by atoms with E-state index in [4.69, 9.17) is 10.5 Å². The van der Waals surface area contributed by atoms with Gasteiger partial charge < -0.3 is 15.8 Å². The van der Waals surface area contributed by atoms with E-state index in [0.717, 1.165) is 13.0 Å². The summed E-state index contributed by atoms with van der Waals surface area (Å²) in [5.74, 6) is 0.302. The molecule has 2 fully saturated rings. The van der Waals surface area contributed by atoms with Crippen LogP contribution in [0.2, 0.25) is 0 Å². The lowest BCUT2D eigenvalue weighted by Gasteiger charge is -2.45. The lowest BCUT2D eigenvalue weighted by molar-refractivity contribution is -0.126. The van der Waals surface area contributed by atoms with Crippen LogP contribution in [-0.4, -0.2) is 45.7 Å². The molecule has 0 bridgehead atoms. The van der Waals surface area contributed by atoms with Crippen molar-refractivity contribution in [3.8, 4) is 0 Å². The van der Waals surface area contributed by atoms with Crippen molar-refractivity contribution in [2.75, 3.05) is 6.61 Å². The number of hydrogen-bond donors (Lipinski definition) is 2. The molecule has 17 heavy (non-hydrogen) atoms. The fraction of sp³-hybridized carbons (Fsp3) is 0.700. The van der Waals surface area contributed by atoms with Gasteiger partial charge in [-0.3, -0.25) is 4.79 Å². The van der Waals surface area contributed by atoms with Crippen molar-refractivity contribution in [2.24, 2.45) is 11.7 Å². The second kappa shape index (κ2) is 4.08. The van der Waals surface area contributed by atoms with E-state index in [1.54, 1.807) is 12.4 Å². The van der Waals surface area contributed by atoms with Crippen molar-refractivity contribution in [3.05, 3.63) is 12.4 Å². The predicted octanol–water partition coefficient (Wildman–Crippen LogP) is -1.49. The molecular weight excluding hydrogens is 222 g/mol. The van der Waals surface area contributed by atoms with Gasteiger partial charge in [-0.25, -0.2) is 4.68 Å². The number of ether oxygens (including phenoxy) is 1. The highest BCUT2D eigenvalue weighted by Gasteiger charge is 2.52. The molecule has 1 amide bonds. The zero-order valence-corrected chi connectivity index (χ0v) is 9.32. The molecule has 4 unspecified atom stereocenters. The van der Waals surface area contributed by atoms with E-state index in [1.807, 2.05) is 0 Å². The Balaban J connectivity index is 1.55. The van der Waals surface area contributed by atoms with Crippen LogP contribution in [0.15, 0.2) is 12.4 Å². The molecule has 2 aliphatic rings. The van der Waals surface area contributed by atoms with Crippen LogP contribution in [-0.2, 0) is 16.1 Å². The van der Waals surface area contributed by atoms with Gasteiger partial charge in [-0.1, -0.05) is 5.21 Å². The van der Waals surface area contributed by atoms with Crippen molar-refractivity contribution in [1.82, 2.24) is 20.3 Å². The average molecular weight is 237 g/mol. The maximum Gasteiger partial charge on any atom is 0.242 e. The molecule has 3 N–H and O–H groups in total. The van der Waals surface area contributed by atoms with Crippen molar-refractivity contribution in [2.45, 2.75) is 31.2 Å². The van der Waals surface area contributed by atoms with Gasteiger partial charge in [0.2, 0.25) is 5.91 Å². The van der Waals surface area contributed by atoms with Gasteiger partial charge in [0.1, 0.15) is 6.54 Å². The predicted molar refractivity (Wildman–Crippen MR) is 57.8 cm³/mol. The molecule has 1 aliphatic carbocycles. The zero-order chi connectivity index (χ0) is 11.8. The SMILES string of the molecule is NC1C2CCOC2C1NC(=O)Cn1ccnn1. The molecule has 0 spiro atoms. The number of fused-ring (bicyclic) bond motifs is 1. The number of rotatable bonds is 3. The molecule has 1 saturated carbocycles. The van der Waals surface area contributed by atoms with E-state index in [9.17, 15) is 4.79 Å². The van der Waals surface area contributed by atoms with E-state index < -0.39 is 0 Å². The summed E-state index contributed by atoms with van der Waals surface area (Å²) in [5.41, 5.74) is 6.00. The van der Waals surface area contributed by atoms with Crippen LogP contribution in [0.25, 0.3) is 0 Å². The summed E-state index contributed by atoms with van der Waals surface area (Å²) in [6, 6.07) is -0.0410. The van der Waals surface area contributed by atoms with Crippen molar-refractivity contribution in [3.63, 3.8) is 0 Å². The Morgan fingerprint density at radius 3 is 3.29 bits per heavy atom. The summed E-state index contributed by atoms with van der Waals surface area (Å²) in [4.78, 5) is 11.7. The second-order valence-corrected chi connectivity index (χ2v) is 4.56. The van der Waals surface area contributed by atoms with Gasteiger partial charge in [0.15, 0.2) is 0 Å². The second-order valence-electron chi connectivity index (χ2n) is 4.56. The van der Waals surface area contributed by atoms with Crippen LogP contribution < -0.4 is 11.1 Å². The molecule has 4 atom stereocenters. The van der Waals surface area contributed by atoms with Crippen LogP contribution in [0, 0.1) is 5.92 Å². The number of nitrogens with one attached hydrogen (secondary N) is 1. The Kier molecular flexibility index (Phi) is 2.56. The Morgan fingerprint density at radius 2 is 2.53 bits per heavy atom. The fourth-order valence-corrected chi connectivity index (χ4v) is 2.62. The Bertz CT molecular complexity index is 407. The first-order valence-corrected chi connectivity index (χ1v) is 5.76. The topological polar surface area (TPSA) is 95.1 Å². The molecule has 0 aromatic carbocycles. The Labute approximate surface area is 98.3 Å². The molecule has 7 nitrogen and oxygen atoms in total. The number of amides is 1. The first kappa shape index (κ1) is 10.7. The first-order valence-electron chi connectivity index (χ1n) is 5.76. The number of carbonyl (C=O) groups is 1. The lowest BCUT2D eigenvalue weighted by atomic mass is 9.72. The van der Waals surface area contributed by atoms with Crippen molar-refractivity contribution < 1.29 is 9.53 Å². The van der Waals surface area contributed by atoms with E-state index in [1.165, 1.54) is 4.68 Å². The van der Waals surface area contributed by atoms with E-state index >= 15 is 0 Å². The van der Waals surface area contributed by atoms with Crippen molar-refractivity contribution in [1.29, 1.82) is 0 Å². The zero-order valence-electron chi connectivity index (χ0n) is 9.32. The highest BCUT2D eigenvalue weighted by molar-refractivity contribution is 5.76. The number of carbonyl (C=O) groups excluding carboxylic acids is 1. The molecule has 92 valence electrons. The number of aromatic nitrogens is 3. The first-order chi connectivity index (χ1) is 8.25. The summed E-state index contributed by atoms with van der Waals surface area (Å²) < 4.78 is 7.02. The minimum absolute atomic E-state index is 0.0159. The molecule has 7 heteroatoms. The maximum atomic E-state index is 11.7. The molecular formula is C10H15N5O2. The summed E-state index contributed by atoms with van der Waals surface area (Å²) in [5, 5.41) is 10.3. The summed E-state index contributed by atoms with van der Waals surface area (Å²) in [7, 11) is 0. The monoisotopic (exact) mass is 237 g/mol. The quantitative estimate of drug-likeness (QED) is 0.667. The van der Waals surface area contributed by atoms with Gasteiger partial charge in [0.05, 0.1) is 18.3 Å². The number of nitrogens with zero attached hydrogens (tertiary/aromatic N) is 3. The van der Waals surface area contributed by atoms with Gasteiger partial charge in [0.25, 0.3) is 0 Å². The molecule has 3 rings (SSSR count). The molecule has 1 aromatic rings. The Morgan fingerprint density at radius 1 is 1.65 bits per heavy atom. The van der Waals surface area contributed by atoms with Crippen molar-refractivity contribution >= 4 is 5.91 Å². The highest BCUT2D eigenvalue weighted by Crippen LogP contribution is 2.37. The molecule has 1 aliphatic heterocycles. The summed E-state index contributed by atoms with van der Waals surface area (Å²) in [6.07, 6.45) is 4.29. The molecule has 1 aromatic heterocycles. The van der Waals surface area contributed by atoms with Crippen LogP contribution in [0.5, 0.6) is 0 Å². The van der Waals surface area contributed by atoms with Crippen LogP contribution >= 0.6 is 0 Å². The average Bonchev–Trinajstić information content (AvgIpc) is 2.94. The van der Waals surface area contributed by atoms with E-state index in [0.29, 0.717) is 5.92 Å². The normalized spacial score (nSPS) is 35.1. The van der Waals surface area contributed by atoms with Gasteiger partial charge in [-0.15, -0.1) is 5.10 Å². The molecule has 1 saturated heterocycles. The lowest BCUT2D eigenvalue weighted by Crippen LogP contribution is -2.69.